The highest BCUT2D eigenvalue weighted by atomic mass is 79.9. The van der Waals surface area contributed by atoms with Gasteiger partial charge in [0.2, 0.25) is 0 Å². The number of halogens is 1. The average molecular weight is 528 g/mol. The van der Waals surface area contributed by atoms with E-state index in [0.29, 0.717) is 16.9 Å². The zero-order valence-electron chi connectivity index (χ0n) is 17.8. The molecule has 10 nitrogen and oxygen atoms in total. The lowest BCUT2D eigenvalue weighted by Crippen LogP contribution is -2.24. The van der Waals surface area contributed by atoms with Crippen molar-refractivity contribution >= 4 is 39.7 Å². The van der Waals surface area contributed by atoms with Crippen molar-refractivity contribution in [1.29, 1.82) is 0 Å². The number of hydrogen-bond acceptors (Lipinski definition) is 8. The lowest BCUT2D eigenvalue weighted by atomic mass is 10.2. The Kier molecular flexibility index (Phi) is 8.30. The van der Waals surface area contributed by atoms with Crippen molar-refractivity contribution in [1.82, 2.24) is 5.43 Å². The molecule has 0 radical (unpaired) electrons. The van der Waals surface area contributed by atoms with E-state index in [4.69, 9.17) is 14.2 Å². The van der Waals surface area contributed by atoms with E-state index in [9.17, 15) is 19.7 Å². The predicted molar refractivity (Wildman–Crippen MR) is 126 cm³/mol. The van der Waals surface area contributed by atoms with E-state index < -0.39 is 23.4 Å². The molecular weight excluding hydrogens is 510 g/mol. The van der Waals surface area contributed by atoms with Crippen molar-refractivity contribution in [2.45, 2.75) is 0 Å². The second-order valence-corrected chi connectivity index (χ2v) is 7.53. The molecule has 0 saturated heterocycles. The maximum atomic E-state index is 12.3. The molecule has 0 aliphatic rings. The van der Waals surface area contributed by atoms with Gasteiger partial charge in [-0.05, 0) is 54.1 Å². The van der Waals surface area contributed by atoms with E-state index in [2.05, 4.69) is 26.5 Å². The molecule has 0 saturated carbocycles. The Hall–Kier alpha value is -4.25. The highest BCUT2D eigenvalue weighted by Crippen LogP contribution is 2.29. The van der Waals surface area contributed by atoms with E-state index in [0.717, 1.165) is 4.47 Å². The Balaban J connectivity index is 1.57. The number of methoxy groups -OCH3 is 1. The fourth-order valence-electron chi connectivity index (χ4n) is 2.68. The Morgan fingerprint density at radius 1 is 1.06 bits per heavy atom. The van der Waals surface area contributed by atoms with E-state index in [1.165, 1.54) is 37.6 Å². The molecule has 0 bridgehead atoms. The van der Waals surface area contributed by atoms with Crippen LogP contribution in [0.25, 0.3) is 0 Å². The van der Waals surface area contributed by atoms with Crippen LogP contribution in [0.5, 0.6) is 17.2 Å². The second-order valence-electron chi connectivity index (χ2n) is 6.61. The lowest BCUT2D eigenvalue weighted by Gasteiger charge is -2.10. The topological polar surface area (TPSA) is 129 Å². The second kappa shape index (κ2) is 11.6. The van der Waals surface area contributed by atoms with E-state index >= 15 is 0 Å². The zero-order chi connectivity index (χ0) is 24.5. The van der Waals surface area contributed by atoms with Gasteiger partial charge in [0.05, 0.1) is 23.8 Å². The van der Waals surface area contributed by atoms with Gasteiger partial charge >= 0.3 is 11.7 Å². The number of carbonyl (C=O) groups is 2. The number of rotatable bonds is 9. The van der Waals surface area contributed by atoms with Gasteiger partial charge in [-0.25, -0.2) is 10.2 Å². The Morgan fingerprint density at radius 3 is 2.50 bits per heavy atom. The summed E-state index contributed by atoms with van der Waals surface area (Å²) in [7, 11) is 1.43. The summed E-state index contributed by atoms with van der Waals surface area (Å²) >= 11 is 3.31. The van der Waals surface area contributed by atoms with Crippen LogP contribution in [0.2, 0.25) is 0 Å². The SMILES string of the molecule is COc1cc(/C=N\NC(=O)COc2ccccc2[N+](=O)[O-])ccc1OC(=O)c1ccc(Br)cc1. The van der Waals surface area contributed by atoms with Crippen molar-refractivity contribution in [2.24, 2.45) is 5.10 Å². The molecule has 0 unspecified atom stereocenters. The third-order valence-corrected chi connectivity index (χ3v) is 4.82. The van der Waals surface area contributed by atoms with Crippen molar-refractivity contribution in [3.63, 3.8) is 0 Å². The molecule has 3 aromatic rings. The molecule has 0 spiro atoms. The fourth-order valence-corrected chi connectivity index (χ4v) is 2.94. The minimum Gasteiger partial charge on any atom is -0.493 e. The van der Waals surface area contributed by atoms with Crippen molar-refractivity contribution in [2.75, 3.05) is 13.7 Å². The largest absolute Gasteiger partial charge is 0.493 e. The van der Waals surface area contributed by atoms with Gasteiger partial charge in [0.15, 0.2) is 23.9 Å². The number of hydrogen-bond donors (Lipinski definition) is 1. The van der Waals surface area contributed by atoms with Crippen LogP contribution in [0, 0.1) is 10.1 Å². The number of nitrogens with one attached hydrogen (secondary N) is 1. The van der Waals surface area contributed by atoms with Crippen LogP contribution >= 0.6 is 15.9 Å². The van der Waals surface area contributed by atoms with Gasteiger partial charge in [-0.15, -0.1) is 0 Å². The summed E-state index contributed by atoms with van der Waals surface area (Å²) in [5.74, 6) is -0.667. The van der Waals surface area contributed by atoms with Crippen molar-refractivity contribution in [3.05, 3.63) is 92.4 Å². The normalized spacial score (nSPS) is 10.5. The molecule has 0 aromatic heterocycles. The summed E-state index contributed by atoms with van der Waals surface area (Å²) < 4.78 is 16.7. The molecule has 3 rings (SSSR count). The first kappa shape index (κ1) is 24.4. The van der Waals surface area contributed by atoms with Crippen LogP contribution in [-0.2, 0) is 4.79 Å². The summed E-state index contributed by atoms with van der Waals surface area (Å²) in [5.41, 5.74) is 2.95. The number of esters is 1. The molecule has 11 heteroatoms. The minimum absolute atomic E-state index is 0.0235. The Morgan fingerprint density at radius 2 is 1.79 bits per heavy atom. The Labute approximate surface area is 202 Å². The van der Waals surface area contributed by atoms with Crippen LogP contribution < -0.4 is 19.6 Å². The molecular formula is C23H18BrN3O7. The number of hydrazone groups is 1. The van der Waals surface area contributed by atoms with Gasteiger partial charge in [0, 0.05) is 10.5 Å². The number of nitro groups is 1. The Bertz CT molecular complexity index is 1230. The van der Waals surface area contributed by atoms with Crippen LogP contribution in [-0.4, -0.2) is 36.7 Å². The van der Waals surface area contributed by atoms with Crippen molar-refractivity contribution in [3.8, 4) is 17.2 Å². The number of nitrogens with zero attached hydrogens (tertiary/aromatic N) is 2. The number of benzene rings is 3. The summed E-state index contributed by atoms with van der Waals surface area (Å²) in [6.45, 7) is -0.462. The third kappa shape index (κ3) is 6.62. The van der Waals surface area contributed by atoms with E-state index in [1.54, 1.807) is 42.5 Å². The van der Waals surface area contributed by atoms with Gasteiger partial charge in [-0.1, -0.05) is 28.1 Å². The molecule has 1 N–H and O–H groups in total. The monoisotopic (exact) mass is 527 g/mol. The maximum Gasteiger partial charge on any atom is 0.343 e. The van der Waals surface area contributed by atoms with Crippen molar-refractivity contribution < 1.29 is 28.7 Å². The lowest BCUT2D eigenvalue weighted by molar-refractivity contribution is -0.385. The molecule has 1 amide bonds. The molecule has 34 heavy (non-hydrogen) atoms. The standard InChI is InChI=1S/C23H18BrN3O7/c1-32-21-12-15(6-11-20(21)34-23(29)16-7-9-17(24)10-8-16)13-25-26-22(28)14-33-19-5-3-2-4-18(19)27(30)31/h2-13H,14H2,1H3,(H,26,28)/b25-13-. The summed E-state index contributed by atoms with van der Waals surface area (Å²) in [6.07, 6.45) is 1.35. The van der Waals surface area contributed by atoms with Crippen LogP contribution in [0.3, 0.4) is 0 Å². The number of para-hydroxylation sites is 2. The molecule has 0 atom stereocenters. The predicted octanol–water partition coefficient (Wildman–Crippen LogP) is 4.11. The van der Waals surface area contributed by atoms with Gasteiger partial charge in [0.25, 0.3) is 5.91 Å². The van der Waals surface area contributed by atoms with Gasteiger partial charge in [0.1, 0.15) is 0 Å². The quantitative estimate of drug-likeness (QED) is 0.145. The molecule has 0 aliphatic heterocycles. The first-order valence-electron chi connectivity index (χ1n) is 9.71. The smallest absolute Gasteiger partial charge is 0.343 e. The fraction of sp³-hybridized carbons (Fsp3) is 0.0870. The van der Waals surface area contributed by atoms with E-state index in [-0.39, 0.29) is 17.2 Å². The number of amides is 1. The maximum absolute atomic E-state index is 12.3. The van der Waals surface area contributed by atoms with Gasteiger partial charge in [-0.2, -0.15) is 5.10 Å². The molecule has 0 aliphatic carbocycles. The average Bonchev–Trinajstić information content (AvgIpc) is 2.84. The number of nitro benzene ring substituents is 1. The first-order valence-corrected chi connectivity index (χ1v) is 10.5. The minimum atomic E-state index is -0.610. The molecule has 174 valence electrons. The first-order chi connectivity index (χ1) is 16.4. The number of ether oxygens (including phenoxy) is 3. The van der Waals surface area contributed by atoms with Gasteiger partial charge < -0.3 is 14.2 Å². The van der Waals surface area contributed by atoms with Crippen LogP contribution in [0.1, 0.15) is 15.9 Å². The molecule has 3 aromatic carbocycles. The molecule has 0 fully saturated rings. The summed E-state index contributed by atoms with van der Waals surface area (Å²) in [6, 6.07) is 17.2. The zero-order valence-corrected chi connectivity index (χ0v) is 19.4. The van der Waals surface area contributed by atoms with Crippen LogP contribution in [0.15, 0.2) is 76.3 Å². The van der Waals surface area contributed by atoms with Crippen LogP contribution in [0.4, 0.5) is 5.69 Å². The third-order valence-electron chi connectivity index (χ3n) is 4.29. The highest BCUT2D eigenvalue weighted by molar-refractivity contribution is 9.10. The van der Waals surface area contributed by atoms with E-state index in [1.807, 2.05) is 0 Å². The number of carbonyl (C=O) groups excluding carboxylic acids is 2. The summed E-state index contributed by atoms with van der Waals surface area (Å²) in [5, 5.41) is 14.8. The highest BCUT2D eigenvalue weighted by Gasteiger charge is 2.15. The van der Waals surface area contributed by atoms with Gasteiger partial charge in [-0.3, -0.25) is 14.9 Å². The summed E-state index contributed by atoms with van der Waals surface area (Å²) in [4.78, 5) is 34.6. The molecule has 0 heterocycles.